The van der Waals surface area contributed by atoms with E-state index in [4.69, 9.17) is 9.72 Å². The first-order chi connectivity index (χ1) is 18.9. The molecule has 1 aromatic carbocycles. The van der Waals surface area contributed by atoms with Gasteiger partial charge in [-0.1, -0.05) is 12.1 Å². The summed E-state index contributed by atoms with van der Waals surface area (Å²) in [6, 6.07) is 15.0. The molecule has 3 aromatic heterocycles. The summed E-state index contributed by atoms with van der Waals surface area (Å²) >= 11 is 0. The van der Waals surface area contributed by atoms with Gasteiger partial charge in [-0.3, -0.25) is 4.40 Å². The van der Waals surface area contributed by atoms with Crippen molar-refractivity contribution in [3.63, 3.8) is 0 Å². The second-order valence-corrected chi connectivity index (χ2v) is 13.8. The van der Waals surface area contributed by atoms with Crippen molar-refractivity contribution in [1.29, 1.82) is 0 Å². The molecule has 1 aliphatic rings. The van der Waals surface area contributed by atoms with Crippen LogP contribution < -0.4 is 4.90 Å². The van der Waals surface area contributed by atoms with Gasteiger partial charge in [0.1, 0.15) is 17.1 Å². The normalized spacial score (nSPS) is 14.7. The highest BCUT2D eigenvalue weighted by molar-refractivity contribution is 7.92. The smallest absolute Gasteiger partial charge is 0.410 e. The number of fused-ring (bicyclic) bond motifs is 1. The van der Waals surface area contributed by atoms with Crippen LogP contribution in [0.1, 0.15) is 34.6 Å². The molecule has 0 saturated carbocycles. The van der Waals surface area contributed by atoms with Gasteiger partial charge < -0.3 is 14.5 Å². The van der Waals surface area contributed by atoms with Gasteiger partial charge in [-0.25, -0.2) is 23.2 Å². The number of nitrogens with zero attached hydrogens (tertiary/aromatic N) is 5. The number of aromatic nitrogens is 3. The third kappa shape index (κ3) is 5.67. The Morgan fingerprint density at radius 1 is 0.850 bits per heavy atom. The van der Waals surface area contributed by atoms with Crippen LogP contribution in [-0.2, 0) is 14.6 Å². The minimum atomic E-state index is -3.33. The number of hydrogen-bond donors (Lipinski definition) is 0. The standard InChI is InChI=1S/C30H35N5O4S/c1-21(2)40(37,38)25-10-6-22(7-11-25)26-19-32-28-13-9-24(20-35(26)28)23-8-12-27(31-18-23)33-14-16-34(17-15-33)29(36)39-30(3,4)5/h6-13,18-21H,14-17H2,1-5H3. The molecule has 4 heterocycles. The molecule has 0 N–H and O–H groups in total. The molecule has 4 aromatic rings. The molecule has 1 saturated heterocycles. The van der Waals surface area contributed by atoms with E-state index in [-0.39, 0.29) is 6.09 Å². The minimum Gasteiger partial charge on any atom is -0.444 e. The molecule has 5 rings (SSSR count). The van der Waals surface area contributed by atoms with Crippen LogP contribution in [0.4, 0.5) is 10.6 Å². The number of amides is 1. The van der Waals surface area contributed by atoms with Crippen molar-refractivity contribution in [1.82, 2.24) is 19.3 Å². The van der Waals surface area contributed by atoms with Crippen LogP contribution >= 0.6 is 0 Å². The third-order valence-corrected chi connectivity index (χ3v) is 9.11. The van der Waals surface area contributed by atoms with E-state index in [1.807, 2.05) is 74.0 Å². The fourth-order valence-corrected chi connectivity index (χ4v) is 5.70. The Labute approximate surface area is 235 Å². The Kier molecular flexibility index (Phi) is 7.31. The Hall–Kier alpha value is -3.92. The first kappa shape index (κ1) is 27.6. The van der Waals surface area contributed by atoms with E-state index in [9.17, 15) is 13.2 Å². The summed E-state index contributed by atoms with van der Waals surface area (Å²) in [5.41, 5.74) is 4.00. The molecule has 0 bridgehead atoms. The Bertz CT molecular complexity index is 1610. The molecule has 1 fully saturated rings. The van der Waals surface area contributed by atoms with Gasteiger partial charge in [-0.15, -0.1) is 0 Å². The first-order valence-corrected chi connectivity index (χ1v) is 15.0. The van der Waals surface area contributed by atoms with Gasteiger partial charge in [0.15, 0.2) is 9.84 Å². The van der Waals surface area contributed by atoms with Crippen molar-refractivity contribution in [3.05, 3.63) is 67.1 Å². The number of imidazole rings is 1. The van der Waals surface area contributed by atoms with E-state index in [0.717, 1.165) is 33.8 Å². The van der Waals surface area contributed by atoms with Gasteiger partial charge in [-0.05, 0) is 71.0 Å². The van der Waals surface area contributed by atoms with Crippen molar-refractivity contribution in [2.75, 3.05) is 31.1 Å². The molecule has 10 heteroatoms. The quantitative estimate of drug-likeness (QED) is 0.326. The van der Waals surface area contributed by atoms with Gasteiger partial charge in [-0.2, -0.15) is 0 Å². The molecule has 1 amide bonds. The van der Waals surface area contributed by atoms with Gasteiger partial charge >= 0.3 is 6.09 Å². The summed E-state index contributed by atoms with van der Waals surface area (Å²) in [7, 11) is -3.33. The number of ether oxygens (including phenoxy) is 1. The van der Waals surface area contributed by atoms with Crippen LogP contribution in [0.15, 0.2) is 72.0 Å². The molecule has 0 radical (unpaired) electrons. The van der Waals surface area contributed by atoms with Crippen LogP contribution in [0.2, 0.25) is 0 Å². The summed E-state index contributed by atoms with van der Waals surface area (Å²) in [6.07, 6.45) is 5.40. The zero-order chi connectivity index (χ0) is 28.7. The second-order valence-electron chi connectivity index (χ2n) is 11.3. The number of piperazine rings is 1. The highest BCUT2D eigenvalue weighted by Crippen LogP contribution is 2.28. The number of hydrogen-bond acceptors (Lipinski definition) is 7. The highest BCUT2D eigenvalue weighted by atomic mass is 32.2. The van der Waals surface area contributed by atoms with Crippen LogP contribution in [0.25, 0.3) is 28.0 Å². The molecule has 0 spiro atoms. The van der Waals surface area contributed by atoms with Gasteiger partial charge in [0.05, 0.1) is 22.0 Å². The number of anilines is 1. The lowest BCUT2D eigenvalue weighted by Crippen LogP contribution is -2.50. The van der Waals surface area contributed by atoms with Crippen LogP contribution in [-0.4, -0.2) is 70.8 Å². The molecule has 40 heavy (non-hydrogen) atoms. The van der Waals surface area contributed by atoms with Gasteiger partial charge in [0, 0.05) is 55.3 Å². The van der Waals surface area contributed by atoms with Crippen molar-refractivity contribution in [2.24, 2.45) is 0 Å². The Morgan fingerprint density at radius 2 is 1.50 bits per heavy atom. The predicted molar refractivity (Wildman–Crippen MR) is 156 cm³/mol. The summed E-state index contributed by atoms with van der Waals surface area (Å²) in [5, 5.41) is -0.474. The minimum absolute atomic E-state index is 0.277. The predicted octanol–water partition coefficient (Wildman–Crippen LogP) is 5.30. The number of carbonyl (C=O) groups excluding carboxylic acids is 1. The Balaban J connectivity index is 1.31. The van der Waals surface area contributed by atoms with E-state index < -0.39 is 20.7 Å². The first-order valence-electron chi connectivity index (χ1n) is 13.4. The molecule has 9 nitrogen and oxygen atoms in total. The van der Waals surface area contributed by atoms with E-state index in [1.54, 1.807) is 37.1 Å². The lowest BCUT2D eigenvalue weighted by molar-refractivity contribution is 0.0240. The molecular weight excluding hydrogens is 526 g/mol. The maximum absolute atomic E-state index is 12.5. The molecule has 0 atom stereocenters. The van der Waals surface area contributed by atoms with E-state index in [0.29, 0.717) is 31.1 Å². The van der Waals surface area contributed by atoms with Crippen molar-refractivity contribution in [3.8, 4) is 22.4 Å². The van der Waals surface area contributed by atoms with Crippen molar-refractivity contribution < 1.29 is 17.9 Å². The number of benzene rings is 1. The summed E-state index contributed by atoms with van der Waals surface area (Å²) in [5.74, 6) is 0.869. The number of rotatable bonds is 5. The monoisotopic (exact) mass is 561 g/mol. The van der Waals surface area contributed by atoms with Crippen molar-refractivity contribution in [2.45, 2.75) is 50.4 Å². The third-order valence-electron chi connectivity index (χ3n) is 6.94. The molecular formula is C30H35N5O4S. The average molecular weight is 562 g/mol. The molecule has 210 valence electrons. The maximum Gasteiger partial charge on any atom is 0.410 e. The van der Waals surface area contributed by atoms with Gasteiger partial charge in [0.2, 0.25) is 0 Å². The number of carbonyl (C=O) groups is 1. The maximum atomic E-state index is 12.5. The Morgan fingerprint density at radius 3 is 2.10 bits per heavy atom. The SMILES string of the molecule is CC(C)S(=O)(=O)c1ccc(-c2cnc3ccc(-c4ccc(N5CCN(C(=O)OC(C)(C)C)CC5)nc4)cn23)cc1. The van der Waals surface area contributed by atoms with Gasteiger partial charge in [0.25, 0.3) is 0 Å². The number of pyridine rings is 2. The zero-order valence-corrected chi connectivity index (χ0v) is 24.4. The lowest BCUT2D eigenvalue weighted by atomic mass is 10.1. The summed E-state index contributed by atoms with van der Waals surface area (Å²) in [4.78, 5) is 25.8. The zero-order valence-electron chi connectivity index (χ0n) is 23.5. The van der Waals surface area contributed by atoms with E-state index in [1.165, 1.54) is 0 Å². The van der Waals surface area contributed by atoms with Crippen LogP contribution in [0.3, 0.4) is 0 Å². The fraction of sp³-hybridized carbons (Fsp3) is 0.367. The molecule has 1 aliphatic heterocycles. The molecule has 0 unspecified atom stereocenters. The van der Waals surface area contributed by atoms with E-state index in [2.05, 4.69) is 9.88 Å². The van der Waals surface area contributed by atoms with Crippen LogP contribution in [0, 0.1) is 0 Å². The number of sulfone groups is 1. The summed E-state index contributed by atoms with van der Waals surface area (Å²) < 4.78 is 32.5. The van der Waals surface area contributed by atoms with Crippen LogP contribution in [0.5, 0.6) is 0 Å². The fourth-order valence-electron chi connectivity index (χ4n) is 4.64. The van der Waals surface area contributed by atoms with E-state index >= 15 is 0 Å². The average Bonchev–Trinajstić information content (AvgIpc) is 3.36. The lowest BCUT2D eigenvalue weighted by Gasteiger charge is -2.36. The van der Waals surface area contributed by atoms with Crippen molar-refractivity contribution >= 4 is 27.4 Å². The summed E-state index contributed by atoms with van der Waals surface area (Å²) in [6.45, 7) is 11.5. The molecule has 0 aliphatic carbocycles. The highest BCUT2D eigenvalue weighted by Gasteiger charge is 2.26. The topological polar surface area (TPSA) is 97.1 Å². The largest absolute Gasteiger partial charge is 0.444 e. The second kappa shape index (κ2) is 10.6.